The summed E-state index contributed by atoms with van der Waals surface area (Å²) in [7, 11) is 3.43. The molecule has 0 aliphatic rings. The van der Waals surface area contributed by atoms with Crippen LogP contribution in [-0.4, -0.2) is 50.4 Å². The number of furan rings is 1. The molecule has 0 aliphatic heterocycles. The lowest BCUT2D eigenvalue weighted by atomic mass is 10.4. The number of aromatic nitrogens is 1. The average Bonchev–Trinajstić information content (AvgIpc) is 3.12. The molecular weight excluding hydrogens is 276 g/mol. The third-order valence-corrected chi connectivity index (χ3v) is 3.80. The lowest BCUT2D eigenvalue weighted by Crippen LogP contribution is -2.30. The molecule has 0 unspecified atom stereocenters. The highest BCUT2D eigenvalue weighted by molar-refractivity contribution is 7.13. The van der Waals surface area contributed by atoms with Crippen molar-refractivity contribution in [3.63, 3.8) is 0 Å². The van der Waals surface area contributed by atoms with Gasteiger partial charge in [0.2, 0.25) is 0 Å². The second kappa shape index (κ2) is 8.16. The Morgan fingerprint density at radius 2 is 2.00 bits per heavy atom. The molecule has 0 saturated carbocycles. The van der Waals surface area contributed by atoms with Crippen molar-refractivity contribution in [3.05, 3.63) is 29.5 Å². The monoisotopic (exact) mass is 296 g/mol. The Bertz CT molecular complexity index is 476. The Morgan fingerprint density at radius 1 is 1.25 bits per heavy atom. The first-order valence-electron chi connectivity index (χ1n) is 6.52. The quantitative estimate of drug-likeness (QED) is 0.711. The van der Waals surface area contributed by atoms with Gasteiger partial charge in [-0.15, -0.1) is 11.3 Å². The van der Waals surface area contributed by atoms with Gasteiger partial charge < -0.3 is 13.9 Å². The molecule has 0 fully saturated rings. The van der Waals surface area contributed by atoms with Crippen molar-refractivity contribution in [2.24, 2.45) is 0 Å². The van der Waals surface area contributed by atoms with Crippen LogP contribution < -0.4 is 0 Å². The van der Waals surface area contributed by atoms with Crippen molar-refractivity contribution in [2.75, 3.05) is 40.5 Å². The molecule has 0 spiro atoms. The summed E-state index contributed by atoms with van der Waals surface area (Å²) in [6.07, 6.45) is 1.67. The highest BCUT2D eigenvalue weighted by Gasteiger charge is 2.11. The largest absolute Gasteiger partial charge is 0.462 e. The van der Waals surface area contributed by atoms with Gasteiger partial charge in [0.1, 0.15) is 0 Å². The summed E-state index contributed by atoms with van der Waals surface area (Å²) in [6, 6.07) is 3.80. The van der Waals surface area contributed by atoms with Gasteiger partial charge >= 0.3 is 0 Å². The van der Waals surface area contributed by atoms with Gasteiger partial charge in [0, 0.05) is 39.2 Å². The van der Waals surface area contributed by atoms with Gasteiger partial charge in [-0.25, -0.2) is 4.98 Å². The van der Waals surface area contributed by atoms with E-state index in [2.05, 4.69) is 15.3 Å². The number of methoxy groups -OCH3 is 2. The second-order valence-corrected chi connectivity index (χ2v) is 5.24. The normalized spacial score (nSPS) is 11.3. The molecule has 0 saturated heterocycles. The third-order valence-electron chi connectivity index (χ3n) is 2.89. The molecule has 5 nitrogen and oxygen atoms in total. The minimum atomic E-state index is 0.707. The summed E-state index contributed by atoms with van der Waals surface area (Å²) >= 11 is 1.60. The number of hydrogen-bond donors (Lipinski definition) is 0. The van der Waals surface area contributed by atoms with E-state index in [-0.39, 0.29) is 0 Å². The molecule has 0 atom stereocenters. The van der Waals surface area contributed by atoms with E-state index in [1.165, 1.54) is 0 Å². The predicted molar refractivity (Wildman–Crippen MR) is 78.8 cm³/mol. The van der Waals surface area contributed by atoms with E-state index in [1.54, 1.807) is 31.8 Å². The van der Waals surface area contributed by atoms with Gasteiger partial charge in [-0.2, -0.15) is 0 Å². The Morgan fingerprint density at radius 3 is 2.60 bits per heavy atom. The molecule has 2 aromatic rings. The van der Waals surface area contributed by atoms with E-state index in [1.807, 2.05) is 12.1 Å². The van der Waals surface area contributed by atoms with Crippen LogP contribution >= 0.6 is 11.3 Å². The first-order chi connectivity index (χ1) is 9.83. The van der Waals surface area contributed by atoms with Crippen molar-refractivity contribution in [2.45, 2.75) is 6.54 Å². The highest BCUT2D eigenvalue weighted by Crippen LogP contribution is 2.24. The van der Waals surface area contributed by atoms with Crippen LogP contribution in [0.2, 0.25) is 0 Å². The molecule has 2 heterocycles. The Balaban J connectivity index is 1.95. The van der Waals surface area contributed by atoms with Crippen LogP contribution in [0.15, 0.2) is 28.2 Å². The predicted octanol–water partition coefficient (Wildman–Crippen LogP) is 2.50. The summed E-state index contributed by atoms with van der Waals surface area (Å²) in [4.78, 5) is 6.88. The third kappa shape index (κ3) is 4.42. The fourth-order valence-electron chi connectivity index (χ4n) is 1.83. The van der Waals surface area contributed by atoms with Gasteiger partial charge in [0.15, 0.2) is 10.8 Å². The van der Waals surface area contributed by atoms with Crippen LogP contribution in [0.1, 0.15) is 5.69 Å². The van der Waals surface area contributed by atoms with Gasteiger partial charge in [0.25, 0.3) is 0 Å². The fourth-order valence-corrected chi connectivity index (χ4v) is 2.61. The first kappa shape index (κ1) is 15.2. The number of thiazole rings is 1. The van der Waals surface area contributed by atoms with Gasteiger partial charge in [-0.05, 0) is 12.1 Å². The minimum Gasteiger partial charge on any atom is -0.462 e. The van der Waals surface area contributed by atoms with Crippen molar-refractivity contribution in [3.8, 4) is 10.8 Å². The molecule has 2 aromatic heterocycles. The van der Waals surface area contributed by atoms with E-state index < -0.39 is 0 Å². The lowest BCUT2D eigenvalue weighted by Gasteiger charge is -2.20. The smallest absolute Gasteiger partial charge is 0.162 e. The molecule has 0 amide bonds. The summed E-state index contributed by atoms with van der Waals surface area (Å²) in [5.74, 6) is 0.821. The number of ether oxygens (including phenoxy) is 2. The molecule has 110 valence electrons. The molecule has 0 radical (unpaired) electrons. The van der Waals surface area contributed by atoms with E-state index >= 15 is 0 Å². The van der Waals surface area contributed by atoms with E-state index in [4.69, 9.17) is 13.9 Å². The van der Waals surface area contributed by atoms with E-state index in [0.29, 0.717) is 13.2 Å². The highest BCUT2D eigenvalue weighted by atomic mass is 32.1. The topological polar surface area (TPSA) is 47.7 Å². The molecule has 0 aliphatic carbocycles. The number of nitrogens with zero attached hydrogens (tertiary/aromatic N) is 2. The molecule has 0 N–H and O–H groups in total. The van der Waals surface area contributed by atoms with Crippen LogP contribution in [0.3, 0.4) is 0 Å². The molecule has 6 heteroatoms. The Hall–Kier alpha value is -1.21. The zero-order chi connectivity index (χ0) is 14.2. The minimum absolute atomic E-state index is 0.707. The molecule has 0 aromatic carbocycles. The zero-order valence-corrected chi connectivity index (χ0v) is 12.7. The maximum atomic E-state index is 5.36. The summed E-state index contributed by atoms with van der Waals surface area (Å²) < 4.78 is 15.6. The summed E-state index contributed by atoms with van der Waals surface area (Å²) in [5.41, 5.74) is 1.05. The van der Waals surface area contributed by atoms with E-state index in [0.717, 1.165) is 36.1 Å². The van der Waals surface area contributed by atoms with Gasteiger partial charge in [-0.1, -0.05) is 0 Å². The SMILES string of the molecule is COCCN(CCOC)Cc1csc(-c2ccco2)n1. The molecule has 20 heavy (non-hydrogen) atoms. The van der Waals surface area contributed by atoms with E-state index in [9.17, 15) is 0 Å². The molecule has 2 rings (SSSR count). The van der Waals surface area contributed by atoms with Crippen LogP contribution in [0.25, 0.3) is 10.8 Å². The second-order valence-electron chi connectivity index (χ2n) is 4.38. The lowest BCUT2D eigenvalue weighted by molar-refractivity contribution is 0.109. The van der Waals surface area contributed by atoms with Crippen LogP contribution in [0.4, 0.5) is 0 Å². The van der Waals surface area contributed by atoms with Gasteiger partial charge in [-0.3, -0.25) is 4.90 Å². The maximum Gasteiger partial charge on any atom is 0.162 e. The average molecular weight is 296 g/mol. The van der Waals surface area contributed by atoms with Crippen molar-refractivity contribution < 1.29 is 13.9 Å². The summed E-state index contributed by atoms with van der Waals surface area (Å²) in [6.45, 7) is 3.95. The van der Waals surface area contributed by atoms with Crippen LogP contribution in [0.5, 0.6) is 0 Å². The fraction of sp³-hybridized carbons (Fsp3) is 0.500. The number of rotatable bonds is 9. The van der Waals surface area contributed by atoms with Crippen molar-refractivity contribution in [1.82, 2.24) is 9.88 Å². The Labute approximate surface area is 123 Å². The van der Waals surface area contributed by atoms with Crippen LogP contribution in [0, 0.1) is 0 Å². The molecular formula is C14H20N2O3S. The summed E-state index contributed by atoms with van der Waals surface area (Å²) in [5, 5.41) is 2.99. The Kier molecular flexibility index (Phi) is 6.20. The van der Waals surface area contributed by atoms with Crippen molar-refractivity contribution >= 4 is 11.3 Å². The number of hydrogen-bond acceptors (Lipinski definition) is 6. The zero-order valence-electron chi connectivity index (χ0n) is 11.9. The van der Waals surface area contributed by atoms with Crippen molar-refractivity contribution in [1.29, 1.82) is 0 Å². The first-order valence-corrected chi connectivity index (χ1v) is 7.40. The van der Waals surface area contributed by atoms with Crippen LogP contribution in [-0.2, 0) is 16.0 Å². The molecule has 0 bridgehead atoms. The van der Waals surface area contributed by atoms with Gasteiger partial charge in [0.05, 0.1) is 25.2 Å². The maximum absolute atomic E-state index is 5.36. The standard InChI is InChI=1S/C14H20N2O3S/c1-17-8-5-16(6-9-18-2)10-12-11-20-14(15-12)13-4-3-7-19-13/h3-4,7,11H,5-6,8-10H2,1-2H3.